The lowest BCUT2D eigenvalue weighted by Gasteiger charge is -2.04. The van der Waals surface area contributed by atoms with E-state index in [1.807, 2.05) is 0 Å². The first kappa shape index (κ1) is 12.6. The fourth-order valence-corrected chi connectivity index (χ4v) is 1.34. The summed E-state index contributed by atoms with van der Waals surface area (Å²) in [4.78, 5) is 29.5. The van der Waals surface area contributed by atoms with Crippen molar-refractivity contribution in [2.75, 3.05) is 5.32 Å². The van der Waals surface area contributed by atoms with Crippen LogP contribution < -0.4 is 5.32 Å². The number of anilines is 1. The van der Waals surface area contributed by atoms with Gasteiger partial charge in [0, 0.05) is 0 Å². The Morgan fingerprint density at radius 2 is 1.74 bits per heavy atom. The van der Waals surface area contributed by atoms with Crippen molar-refractivity contribution in [3.63, 3.8) is 0 Å². The predicted molar refractivity (Wildman–Crippen MR) is 63.3 cm³/mol. The first-order chi connectivity index (χ1) is 9.06. The molecule has 2 aromatic rings. The molecule has 0 aliphatic rings. The number of nitrogens with one attached hydrogen (secondary N) is 1. The van der Waals surface area contributed by atoms with Crippen molar-refractivity contribution >= 4 is 17.7 Å². The lowest BCUT2D eigenvalue weighted by Crippen LogP contribution is -2.16. The Hall–Kier alpha value is -2.83. The minimum atomic E-state index is -1.21. The molecule has 0 bridgehead atoms. The number of rotatable bonds is 3. The monoisotopic (exact) mass is 261 g/mol. The minimum absolute atomic E-state index is 0.0518. The average molecular weight is 261 g/mol. The molecule has 2 N–H and O–H groups in total. The Morgan fingerprint density at radius 1 is 1.05 bits per heavy atom. The summed E-state index contributed by atoms with van der Waals surface area (Å²) in [5.74, 6) is -2.61. The van der Waals surface area contributed by atoms with Crippen molar-refractivity contribution in [1.29, 1.82) is 0 Å². The van der Waals surface area contributed by atoms with Gasteiger partial charge < -0.3 is 10.4 Å². The number of hydrogen-bond donors (Lipinski definition) is 2. The Balaban J connectivity index is 2.19. The van der Waals surface area contributed by atoms with E-state index >= 15 is 0 Å². The first-order valence-corrected chi connectivity index (χ1v) is 5.20. The zero-order valence-corrected chi connectivity index (χ0v) is 9.50. The largest absolute Gasteiger partial charge is 0.477 e. The quantitative estimate of drug-likeness (QED) is 0.818. The second kappa shape index (κ2) is 5.21. The lowest BCUT2D eigenvalue weighted by atomic mass is 10.3. The molecule has 0 fully saturated rings. The molecule has 0 saturated heterocycles. The molecule has 6 nitrogen and oxygen atoms in total. The minimum Gasteiger partial charge on any atom is -0.477 e. The maximum absolute atomic E-state index is 12.9. The van der Waals surface area contributed by atoms with Gasteiger partial charge in [-0.05, 0) is 24.3 Å². The topological polar surface area (TPSA) is 92.2 Å². The Kier molecular flexibility index (Phi) is 3.46. The normalized spacial score (nSPS) is 9.95. The summed E-state index contributed by atoms with van der Waals surface area (Å²) in [7, 11) is 0. The second-order valence-corrected chi connectivity index (χ2v) is 3.51. The van der Waals surface area contributed by atoms with E-state index in [9.17, 15) is 14.0 Å². The number of carboxylic acid groups (broad SMARTS) is 1. The highest BCUT2D eigenvalue weighted by Gasteiger charge is 2.11. The van der Waals surface area contributed by atoms with E-state index in [4.69, 9.17) is 5.11 Å². The van der Waals surface area contributed by atoms with Crippen molar-refractivity contribution in [1.82, 2.24) is 9.97 Å². The molecule has 7 heteroatoms. The van der Waals surface area contributed by atoms with Crippen molar-refractivity contribution in [2.45, 2.75) is 0 Å². The van der Waals surface area contributed by atoms with Gasteiger partial charge in [-0.15, -0.1) is 0 Å². The van der Waals surface area contributed by atoms with Gasteiger partial charge in [0.2, 0.25) is 5.95 Å². The summed E-state index contributed by atoms with van der Waals surface area (Å²) in [5.41, 5.74) is -0.326. The molecule has 96 valence electrons. The molecule has 0 radical (unpaired) electrons. The van der Waals surface area contributed by atoms with Crippen molar-refractivity contribution in [2.24, 2.45) is 0 Å². The number of pyridine rings is 2. The zero-order chi connectivity index (χ0) is 13.8. The van der Waals surface area contributed by atoms with E-state index in [2.05, 4.69) is 15.3 Å². The van der Waals surface area contributed by atoms with Gasteiger partial charge in [0.1, 0.15) is 11.5 Å². The maximum Gasteiger partial charge on any atom is 0.354 e. The molecular formula is C12H8FN3O3. The van der Waals surface area contributed by atoms with E-state index in [1.54, 1.807) is 0 Å². The SMILES string of the molecule is O=C(O)c1cccc(NC(=O)c2cccc(F)n2)n1. The summed E-state index contributed by atoms with van der Waals surface area (Å²) < 4.78 is 12.9. The standard InChI is InChI=1S/C12H8FN3O3/c13-9-5-1-3-7(14-9)11(17)16-10-6-2-4-8(15-10)12(18)19/h1-6H,(H,18,19)(H,15,16,17). The van der Waals surface area contributed by atoms with Crippen LogP contribution in [0.15, 0.2) is 36.4 Å². The van der Waals surface area contributed by atoms with Crippen molar-refractivity contribution in [3.8, 4) is 0 Å². The number of aromatic carboxylic acids is 1. The average Bonchev–Trinajstić information content (AvgIpc) is 2.39. The van der Waals surface area contributed by atoms with Crippen LogP contribution in [-0.2, 0) is 0 Å². The number of aromatic nitrogens is 2. The fourth-order valence-electron chi connectivity index (χ4n) is 1.34. The molecule has 0 unspecified atom stereocenters. The van der Waals surface area contributed by atoms with Crippen LogP contribution in [-0.4, -0.2) is 27.0 Å². The number of carbonyl (C=O) groups is 2. The zero-order valence-electron chi connectivity index (χ0n) is 9.50. The number of hydrogen-bond acceptors (Lipinski definition) is 4. The summed E-state index contributed by atoms with van der Waals surface area (Å²) >= 11 is 0. The highest BCUT2D eigenvalue weighted by atomic mass is 19.1. The van der Waals surface area contributed by atoms with E-state index < -0.39 is 17.8 Å². The molecular weight excluding hydrogens is 253 g/mol. The third-order valence-corrected chi connectivity index (χ3v) is 2.16. The summed E-state index contributed by atoms with van der Waals surface area (Å²) in [6.07, 6.45) is 0. The molecule has 0 aromatic carbocycles. The number of carboxylic acids is 1. The Morgan fingerprint density at radius 3 is 2.42 bits per heavy atom. The van der Waals surface area contributed by atoms with Crippen LogP contribution in [0.2, 0.25) is 0 Å². The van der Waals surface area contributed by atoms with Gasteiger partial charge in [0.15, 0.2) is 5.69 Å². The van der Waals surface area contributed by atoms with Crippen LogP contribution in [0, 0.1) is 5.95 Å². The molecule has 2 rings (SSSR count). The van der Waals surface area contributed by atoms with Gasteiger partial charge in [-0.2, -0.15) is 4.39 Å². The molecule has 2 heterocycles. The highest BCUT2D eigenvalue weighted by Crippen LogP contribution is 2.07. The van der Waals surface area contributed by atoms with Crippen LogP contribution in [0.1, 0.15) is 21.0 Å². The Labute approximate surface area is 106 Å². The fraction of sp³-hybridized carbons (Fsp3) is 0. The lowest BCUT2D eigenvalue weighted by molar-refractivity contribution is 0.0690. The smallest absolute Gasteiger partial charge is 0.354 e. The van der Waals surface area contributed by atoms with E-state index in [-0.39, 0.29) is 17.2 Å². The summed E-state index contributed by atoms with van der Waals surface area (Å²) in [6, 6.07) is 7.94. The molecule has 0 saturated carbocycles. The first-order valence-electron chi connectivity index (χ1n) is 5.20. The summed E-state index contributed by atoms with van der Waals surface area (Å²) in [6.45, 7) is 0. The molecule has 0 spiro atoms. The molecule has 0 atom stereocenters. The molecule has 0 aliphatic carbocycles. The molecule has 0 aliphatic heterocycles. The van der Waals surface area contributed by atoms with E-state index in [1.165, 1.54) is 30.3 Å². The third-order valence-electron chi connectivity index (χ3n) is 2.16. The Bertz CT molecular complexity index is 646. The molecule has 2 aromatic heterocycles. The van der Waals surface area contributed by atoms with Gasteiger partial charge in [-0.3, -0.25) is 4.79 Å². The van der Waals surface area contributed by atoms with Crippen molar-refractivity contribution in [3.05, 3.63) is 53.7 Å². The van der Waals surface area contributed by atoms with E-state index in [0.29, 0.717) is 0 Å². The maximum atomic E-state index is 12.9. The predicted octanol–water partition coefficient (Wildman–Crippen LogP) is 1.57. The van der Waals surface area contributed by atoms with Crippen LogP contribution in [0.4, 0.5) is 10.2 Å². The van der Waals surface area contributed by atoms with Crippen LogP contribution in [0.5, 0.6) is 0 Å². The highest BCUT2D eigenvalue weighted by molar-refractivity contribution is 6.02. The van der Waals surface area contributed by atoms with Gasteiger partial charge in [0.25, 0.3) is 5.91 Å². The molecule has 1 amide bonds. The van der Waals surface area contributed by atoms with Gasteiger partial charge in [0.05, 0.1) is 0 Å². The number of carbonyl (C=O) groups excluding carboxylic acids is 1. The van der Waals surface area contributed by atoms with Gasteiger partial charge in [-0.25, -0.2) is 14.8 Å². The van der Waals surface area contributed by atoms with Crippen LogP contribution in [0.3, 0.4) is 0 Å². The third kappa shape index (κ3) is 3.09. The van der Waals surface area contributed by atoms with Crippen LogP contribution >= 0.6 is 0 Å². The van der Waals surface area contributed by atoms with E-state index in [0.717, 1.165) is 6.07 Å². The van der Waals surface area contributed by atoms with Gasteiger partial charge >= 0.3 is 5.97 Å². The number of amides is 1. The van der Waals surface area contributed by atoms with Crippen LogP contribution in [0.25, 0.3) is 0 Å². The number of nitrogens with zero attached hydrogens (tertiary/aromatic N) is 2. The van der Waals surface area contributed by atoms with Gasteiger partial charge in [-0.1, -0.05) is 12.1 Å². The number of halogens is 1. The summed E-state index contributed by atoms with van der Waals surface area (Å²) in [5, 5.41) is 11.1. The van der Waals surface area contributed by atoms with Crippen molar-refractivity contribution < 1.29 is 19.1 Å². The second-order valence-electron chi connectivity index (χ2n) is 3.51. The molecule has 19 heavy (non-hydrogen) atoms.